The SMILES string of the molecule is Cc1nc(N=C(N)N2CCN(CCN(C)C)CC2)nc2ccccc12. The quantitative estimate of drug-likeness (QED) is 0.662. The molecule has 2 aromatic rings. The van der Waals surface area contributed by atoms with Crippen molar-refractivity contribution in [2.45, 2.75) is 6.92 Å². The molecule has 2 N–H and O–H groups in total. The summed E-state index contributed by atoms with van der Waals surface area (Å²) < 4.78 is 0. The lowest BCUT2D eigenvalue weighted by atomic mass is 10.2. The van der Waals surface area contributed by atoms with Crippen molar-refractivity contribution in [1.29, 1.82) is 0 Å². The minimum Gasteiger partial charge on any atom is -0.369 e. The number of aliphatic imine (C=N–C) groups is 1. The van der Waals surface area contributed by atoms with Gasteiger partial charge in [-0.05, 0) is 27.1 Å². The van der Waals surface area contributed by atoms with E-state index >= 15 is 0 Å². The summed E-state index contributed by atoms with van der Waals surface area (Å²) in [5, 5.41) is 1.05. The van der Waals surface area contributed by atoms with Gasteiger partial charge in [0.15, 0.2) is 5.96 Å². The van der Waals surface area contributed by atoms with Crippen LogP contribution in [0.1, 0.15) is 5.69 Å². The van der Waals surface area contributed by atoms with Crippen molar-refractivity contribution in [3.05, 3.63) is 30.0 Å². The van der Waals surface area contributed by atoms with Gasteiger partial charge in [-0.3, -0.25) is 4.90 Å². The first kappa shape index (κ1) is 17.6. The van der Waals surface area contributed by atoms with E-state index in [1.54, 1.807) is 0 Å². The van der Waals surface area contributed by atoms with Crippen LogP contribution in [0.25, 0.3) is 10.9 Å². The Bertz CT molecular complexity index is 748. The maximum absolute atomic E-state index is 6.21. The smallest absolute Gasteiger partial charge is 0.253 e. The molecule has 0 saturated carbocycles. The normalized spacial score (nSPS) is 16.8. The fourth-order valence-electron chi connectivity index (χ4n) is 2.99. The number of hydrogen-bond donors (Lipinski definition) is 1. The zero-order valence-electron chi connectivity index (χ0n) is 15.3. The molecule has 1 fully saturated rings. The Hall–Kier alpha value is -2.25. The second-order valence-corrected chi connectivity index (χ2v) is 6.73. The van der Waals surface area contributed by atoms with Crippen molar-refractivity contribution in [1.82, 2.24) is 24.7 Å². The third kappa shape index (κ3) is 4.43. The van der Waals surface area contributed by atoms with Crippen molar-refractivity contribution in [2.24, 2.45) is 10.7 Å². The summed E-state index contributed by atoms with van der Waals surface area (Å²) in [6.07, 6.45) is 0. The number of likely N-dealkylation sites (N-methyl/N-ethyl adjacent to an activating group) is 1. The number of aryl methyl sites for hydroxylation is 1. The Labute approximate surface area is 149 Å². The topological polar surface area (TPSA) is 73.9 Å². The molecule has 0 spiro atoms. The molecule has 0 aliphatic carbocycles. The number of aromatic nitrogens is 2. The van der Waals surface area contributed by atoms with Crippen LogP contribution in [0.15, 0.2) is 29.3 Å². The lowest BCUT2D eigenvalue weighted by Crippen LogP contribution is -2.52. The molecule has 7 nitrogen and oxygen atoms in total. The molecule has 134 valence electrons. The minimum atomic E-state index is 0.434. The number of guanidine groups is 1. The van der Waals surface area contributed by atoms with E-state index in [4.69, 9.17) is 5.73 Å². The van der Waals surface area contributed by atoms with Crippen molar-refractivity contribution in [3.8, 4) is 0 Å². The van der Waals surface area contributed by atoms with Gasteiger partial charge in [0.2, 0.25) is 0 Å². The van der Waals surface area contributed by atoms with Crippen molar-refractivity contribution in [2.75, 3.05) is 53.4 Å². The molecule has 0 unspecified atom stereocenters. The lowest BCUT2D eigenvalue weighted by molar-refractivity contribution is 0.168. The Morgan fingerprint density at radius 1 is 1.16 bits per heavy atom. The number of para-hydroxylation sites is 1. The van der Waals surface area contributed by atoms with E-state index in [1.165, 1.54) is 0 Å². The van der Waals surface area contributed by atoms with Gasteiger partial charge in [-0.25, -0.2) is 9.97 Å². The summed E-state index contributed by atoms with van der Waals surface area (Å²) in [6.45, 7) is 7.91. The molecule has 1 saturated heterocycles. The van der Waals surface area contributed by atoms with Crippen LogP contribution >= 0.6 is 0 Å². The van der Waals surface area contributed by atoms with Gasteiger partial charge in [-0.2, -0.15) is 4.99 Å². The predicted molar refractivity (Wildman–Crippen MR) is 102 cm³/mol. The molecule has 0 atom stereocenters. The second kappa shape index (κ2) is 7.76. The van der Waals surface area contributed by atoms with E-state index in [9.17, 15) is 0 Å². The molecule has 3 rings (SSSR count). The molecular formula is C18H27N7. The van der Waals surface area contributed by atoms with E-state index in [2.05, 4.69) is 43.8 Å². The number of nitrogens with two attached hydrogens (primary N) is 1. The number of fused-ring (bicyclic) bond motifs is 1. The zero-order valence-corrected chi connectivity index (χ0v) is 15.3. The molecule has 0 radical (unpaired) electrons. The average Bonchev–Trinajstić information content (AvgIpc) is 2.60. The maximum Gasteiger partial charge on any atom is 0.253 e. The minimum absolute atomic E-state index is 0.434. The summed E-state index contributed by atoms with van der Waals surface area (Å²) in [4.78, 5) is 20.2. The monoisotopic (exact) mass is 341 g/mol. The van der Waals surface area contributed by atoms with Gasteiger partial charge in [0, 0.05) is 44.7 Å². The molecule has 1 aromatic heterocycles. The van der Waals surface area contributed by atoms with Gasteiger partial charge in [0.1, 0.15) is 0 Å². The second-order valence-electron chi connectivity index (χ2n) is 6.73. The van der Waals surface area contributed by atoms with Gasteiger partial charge in [0.25, 0.3) is 5.95 Å². The third-order valence-electron chi connectivity index (χ3n) is 4.56. The fourth-order valence-corrected chi connectivity index (χ4v) is 2.99. The van der Waals surface area contributed by atoms with Crippen LogP contribution in [0.2, 0.25) is 0 Å². The van der Waals surface area contributed by atoms with Crippen LogP contribution in [0.5, 0.6) is 0 Å². The summed E-state index contributed by atoms with van der Waals surface area (Å²) >= 11 is 0. The summed E-state index contributed by atoms with van der Waals surface area (Å²) in [6, 6.07) is 7.96. The van der Waals surface area contributed by atoms with Crippen LogP contribution in [0, 0.1) is 6.92 Å². The zero-order chi connectivity index (χ0) is 17.8. The first-order valence-corrected chi connectivity index (χ1v) is 8.72. The highest BCUT2D eigenvalue weighted by molar-refractivity contribution is 5.83. The standard InChI is InChI=1S/C18H27N7/c1-14-15-6-4-5-7-16(15)21-18(20-14)22-17(19)25-12-10-24(11-13-25)9-8-23(2)3/h4-7H,8-13H2,1-3H3,(H2,19,20,21,22). The number of rotatable bonds is 4. The van der Waals surface area contributed by atoms with E-state index in [0.717, 1.165) is 55.9 Å². The fraction of sp³-hybridized carbons (Fsp3) is 0.500. The number of hydrogen-bond acceptors (Lipinski definition) is 5. The van der Waals surface area contributed by atoms with E-state index in [0.29, 0.717) is 11.9 Å². The van der Waals surface area contributed by atoms with Crippen LogP contribution in [-0.4, -0.2) is 84.0 Å². The summed E-state index contributed by atoms with van der Waals surface area (Å²) in [5.74, 6) is 0.936. The van der Waals surface area contributed by atoms with Crippen molar-refractivity contribution in [3.63, 3.8) is 0 Å². The third-order valence-corrected chi connectivity index (χ3v) is 4.56. The lowest BCUT2D eigenvalue weighted by Gasteiger charge is -2.35. The molecule has 1 aliphatic rings. The Balaban J connectivity index is 1.66. The Morgan fingerprint density at radius 2 is 1.88 bits per heavy atom. The van der Waals surface area contributed by atoms with Gasteiger partial charge in [-0.15, -0.1) is 0 Å². The summed E-state index contributed by atoms with van der Waals surface area (Å²) in [7, 11) is 4.21. The van der Waals surface area contributed by atoms with E-state index < -0.39 is 0 Å². The average molecular weight is 341 g/mol. The summed E-state index contributed by atoms with van der Waals surface area (Å²) in [5.41, 5.74) is 8.03. The molecular weight excluding hydrogens is 314 g/mol. The van der Waals surface area contributed by atoms with Crippen LogP contribution in [-0.2, 0) is 0 Å². The maximum atomic E-state index is 6.21. The van der Waals surface area contributed by atoms with Crippen LogP contribution < -0.4 is 5.73 Å². The van der Waals surface area contributed by atoms with Crippen molar-refractivity contribution < 1.29 is 0 Å². The molecule has 7 heteroatoms. The molecule has 1 aliphatic heterocycles. The molecule has 0 amide bonds. The first-order chi connectivity index (χ1) is 12.0. The van der Waals surface area contributed by atoms with Gasteiger partial charge < -0.3 is 15.5 Å². The Kier molecular flexibility index (Phi) is 5.45. The van der Waals surface area contributed by atoms with E-state index in [-0.39, 0.29) is 0 Å². The Morgan fingerprint density at radius 3 is 2.60 bits per heavy atom. The predicted octanol–water partition coefficient (Wildman–Crippen LogP) is 1.06. The van der Waals surface area contributed by atoms with Crippen LogP contribution in [0.3, 0.4) is 0 Å². The largest absolute Gasteiger partial charge is 0.369 e. The van der Waals surface area contributed by atoms with Crippen LogP contribution in [0.4, 0.5) is 5.95 Å². The highest BCUT2D eigenvalue weighted by Crippen LogP contribution is 2.18. The van der Waals surface area contributed by atoms with Gasteiger partial charge >= 0.3 is 0 Å². The van der Waals surface area contributed by atoms with Crippen molar-refractivity contribution >= 4 is 22.8 Å². The number of piperazine rings is 1. The van der Waals surface area contributed by atoms with Gasteiger partial charge in [0.05, 0.1) is 11.2 Å². The molecule has 25 heavy (non-hydrogen) atoms. The van der Waals surface area contributed by atoms with Gasteiger partial charge in [-0.1, -0.05) is 18.2 Å². The highest BCUT2D eigenvalue weighted by atomic mass is 15.3. The first-order valence-electron chi connectivity index (χ1n) is 8.72. The molecule has 2 heterocycles. The number of nitrogens with zero attached hydrogens (tertiary/aromatic N) is 6. The molecule has 0 bridgehead atoms. The number of benzene rings is 1. The molecule has 1 aromatic carbocycles. The van der Waals surface area contributed by atoms with E-state index in [1.807, 2.05) is 31.2 Å². The highest BCUT2D eigenvalue weighted by Gasteiger charge is 2.18.